The molecule has 0 spiro atoms. The predicted octanol–water partition coefficient (Wildman–Crippen LogP) is 3.46. The van der Waals surface area contributed by atoms with Crippen LogP contribution in [-0.2, 0) is 10.9 Å². The molecule has 0 aromatic heterocycles. The highest BCUT2D eigenvalue weighted by atomic mass is 19.4. The van der Waals surface area contributed by atoms with E-state index in [2.05, 4.69) is 10.1 Å². The summed E-state index contributed by atoms with van der Waals surface area (Å²) in [5, 5.41) is 12.0. The molecule has 0 saturated heterocycles. The molecule has 0 aliphatic heterocycles. The molecule has 0 fully saturated rings. The zero-order valence-electron chi connectivity index (χ0n) is 13.7. The van der Waals surface area contributed by atoms with Crippen molar-refractivity contribution < 1.29 is 37.3 Å². The van der Waals surface area contributed by atoms with Crippen LogP contribution in [0.3, 0.4) is 0 Å². The first kappa shape index (κ1) is 19.1. The molecule has 0 bridgehead atoms. The summed E-state index contributed by atoms with van der Waals surface area (Å²) in [4.78, 5) is 23.8. The fourth-order valence-electron chi connectivity index (χ4n) is 2.12. The van der Waals surface area contributed by atoms with Gasteiger partial charge in [-0.05, 0) is 36.4 Å². The number of anilines is 1. The second-order valence-corrected chi connectivity index (χ2v) is 5.09. The van der Waals surface area contributed by atoms with Gasteiger partial charge in [0.2, 0.25) is 0 Å². The third-order valence-corrected chi connectivity index (χ3v) is 3.44. The van der Waals surface area contributed by atoms with Gasteiger partial charge in [0.1, 0.15) is 11.5 Å². The summed E-state index contributed by atoms with van der Waals surface area (Å²) in [6.07, 6.45) is -4.66. The fourth-order valence-corrected chi connectivity index (χ4v) is 2.12. The van der Waals surface area contributed by atoms with Gasteiger partial charge in [-0.25, -0.2) is 4.79 Å². The van der Waals surface area contributed by atoms with E-state index in [0.29, 0.717) is 12.1 Å². The van der Waals surface area contributed by atoms with Gasteiger partial charge in [-0.2, -0.15) is 13.2 Å². The molecule has 9 heteroatoms. The first-order valence-electron chi connectivity index (χ1n) is 7.15. The molecule has 2 rings (SSSR count). The van der Waals surface area contributed by atoms with Crippen LogP contribution in [0.1, 0.15) is 26.3 Å². The molecule has 0 atom stereocenters. The number of methoxy groups -OCH3 is 2. The minimum absolute atomic E-state index is 0.0905. The number of ether oxygens (including phenoxy) is 2. The lowest BCUT2D eigenvalue weighted by Gasteiger charge is -2.13. The number of nitrogens with one attached hydrogen (secondary N) is 1. The van der Waals surface area contributed by atoms with E-state index in [1.807, 2.05) is 0 Å². The number of halogens is 3. The van der Waals surface area contributed by atoms with E-state index in [9.17, 15) is 27.9 Å². The summed E-state index contributed by atoms with van der Waals surface area (Å²) in [7, 11) is 2.48. The Morgan fingerprint density at radius 3 is 2.35 bits per heavy atom. The smallest absolute Gasteiger partial charge is 0.416 e. The molecule has 0 radical (unpaired) electrons. The van der Waals surface area contributed by atoms with Crippen molar-refractivity contribution >= 4 is 17.6 Å². The van der Waals surface area contributed by atoms with Crippen molar-refractivity contribution in [3.63, 3.8) is 0 Å². The Bertz CT molecular complexity index is 849. The number of esters is 1. The van der Waals surface area contributed by atoms with Crippen molar-refractivity contribution in [3.8, 4) is 11.5 Å². The first-order chi connectivity index (χ1) is 12.2. The standard InChI is InChI=1S/C17H14F3NO5/c1-25-14-7-9(16(24)26-2)3-5-12(14)21-15(23)11-8-10(17(18,19)20)4-6-13(11)22/h3-8,22H,1-2H3,(H,21,23). The van der Waals surface area contributed by atoms with E-state index in [-0.39, 0.29) is 17.0 Å². The van der Waals surface area contributed by atoms with Crippen molar-refractivity contribution in [1.29, 1.82) is 0 Å². The average molecular weight is 369 g/mol. The van der Waals surface area contributed by atoms with Gasteiger partial charge in [0.05, 0.1) is 36.6 Å². The quantitative estimate of drug-likeness (QED) is 0.807. The van der Waals surface area contributed by atoms with Crippen LogP contribution in [0, 0.1) is 0 Å². The number of alkyl halides is 3. The number of benzene rings is 2. The minimum Gasteiger partial charge on any atom is -0.507 e. The Morgan fingerprint density at radius 2 is 1.77 bits per heavy atom. The minimum atomic E-state index is -4.66. The number of amides is 1. The van der Waals surface area contributed by atoms with Crippen LogP contribution in [0.25, 0.3) is 0 Å². The molecule has 0 aliphatic rings. The number of hydrogen-bond donors (Lipinski definition) is 2. The van der Waals surface area contributed by atoms with Crippen molar-refractivity contribution in [2.45, 2.75) is 6.18 Å². The lowest BCUT2D eigenvalue weighted by atomic mass is 10.1. The van der Waals surface area contributed by atoms with Gasteiger partial charge in [-0.3, -0.25) is 4.79 Å². The van der Waals surface area contributed by atoms with Crippen LogP contribution in [0.2, 0.25) is 0 Å². The van der Waals surface area contributed by atoms with Gasteiger partial charge in [0, 0.05) is 0 Å². The van der Waals surface area contributed by atoms with E-state index in [4.69, 9.17) is 4.74 Å². The number of carbonyl (C=O) groups is 2. The molecule has 2 aromatic rings. The third kappa shape index (κ3) is 4.05. The molecule has 0 unspecified atom stereocenters. The number of phenolic OH excluding ortho intramolecular Hbond substituents is 1. The van der Waals surface area contributed by atoms with Gasteiger partial charge in [-0.15, -0.1) is 0 Å². The number of hydrogen-bond acceptors (Lipinski definition) is 5. The van der Waals surface area contributed by atoms with Crippen LogP contribution in [0.5, 0.6) is 11.5 Å². The second-order valence-electron chi connectivity index (χ2n) is 5.09. The number of aromatic hydroxyl groups is 1. The SMILES string of the molecule is COC(=O)c1ccc(NC(=O)c2cc(C(F)(F)F)ccc2O)c(OC)c1. The van der Waals surface area contributed by atoms with Crippen molar-refractivity contribution in [3.05, 3.63) is 53.1 Å². The Hall–Kier alpha value is -3.23. The molecule has 2 aromatic carbocycles. The van der Waals surface area contributed by atoms with E-state index < -0.39 is 34.9 Å². The lowest BCUT2D eigenvalue weighted by molar-refractivity contribution is -0.137. The summed E-state index contributed by atoms with van der Waals surface area (Å²) >= 11 is 0. The summed E-state index contributed by atoms with van der Waals surface area (Å²) in [5.41, 5.74) is -1.38. The maximum absolute atomic E-state index is 12.8. The van der Waals surface area contributed by atoms with Crippen LogP contribution < -0.4 is 10.1 Å². The molecule has 138 valence electrons. The number of carbonyl (C=O) groups excluding carboxylic acids is 2. The molecule has 2 N–H and O–H groups in total. The van der Waals surface area contributed by atoms with Gasteiger partial charge in [0.15, 0.2) is 0 Å². The number of phenols is 1. The third-order valence-electron chi connectivity index (χ3n) is 3.44. The Morgan fingerprint density at radius 1 is 1.08 bits per heavy atom. The van der Waals surface area contributed by atoms with E-state index in [0.717, 1.165) is 6.07 Å². The topological polar surface area (TPSA) is 84.9 Å². The summed E-state index contributed by atoms with van der Waals surface area (Å²) < 4.78 is 48.0. The maximum Gasteiger partial charge on any atom is 0.416 e. The Labute approximate surface area is 146 Å². The van der Waals surface area contributed by atoms with Gasteiger partial charge in [-0.1, -0.05) is 0 Å². The van der Waals surface area contributed by atoms with Gasteiger partial charge < -0.3 is 19.9 Å². The molecular weight excluding hydrogens is 355 g/mol. The zero-order chi connectivity index (χ0) is 19.5. The first-order valence-corrected chi connectivity index (χ1v) is 7.15. The van der Waals surface area contributed by atoms with Crippen LogP contribution in [0.15, 0.2) is 36.4 Å². The molecule has 0 aliphatic carbocycles. The fraction of sp³-hybridized carbons (Fsp3) is 0.176. The lowest BCUT2D eigenvalue weighted by Crippen LogP contribution is -2.15. The van der Waals surface area contributed by atoms with Gasteiger partial charge >= 0.3 is 12.1 Å². The van der Waals surface area contributed by atoms with Crippen LogP contribution in [0.4, 0.5) is 18.9 Å². The molecule has 0 saturated carbocycles. The molecule has 1 amide bonds. The maximum atomic E-state index is 12.8. The monoisotopic (exact) mass is 369 g/mol. The molecule has 6 nitrogen and oxygen atoms in total. The normalized spacial score (nSPS) is 11.0. The molecule has 0 heterocycles. The summed E-state index contributed by atoms with van der Waals surface area (Å²) in [6, 6.07) is 5.96. The van der Waals surface area contributed by atoms with E-state index in [1.165, 1.54) is 32.4 Å². The highest BCUT2D eigenvalue weighted by molar-refractivity contribution is 6.07. The van der Waals surface area contributed by atoms with Gasteiger partial charge in [0.25, 0.3) is 5.91 Å². The number of rotatable bonds is 4. The Kier molecular flexibility index (Phi) is 5.39. The highest BCUT2D eigenvalue weighted by Gasteiger charge is 2.32. The van der Waals surface area contributed by atoms with E-state index in [1.54, 1.807) is 0 Å². The van der Waals surface area contributed by atoms with E-state index >= 15 is 0 Å². The van der Waals surface area contributed by atoms with Crippen molar-refractivity contribution in [2.75, 3.05) is 19.5 Å². The second kappa shape index (κ2) is 7.34. The molecule has 26 heavy (non-hydrogen) atoms. The van der Waals surface area contributed by atoms with Crippen LogP contribution >= 0.6 is 0 Å². The Balaban J connectivity index is 2.34. The largest absolute Gasteiger partial charge is 0.507 e. The average Bonchev–Trinajstić information content (AvgIpc) is 2.60. The zero-order valence-corrected chi connectivity index (χ0v) is 13.7. The predicted molar refractivity (Wildman–Crippen MR) is 85.4 cm³/mol. The summed E-state index contributed by atoms with van der Waals surface area (Å²) in [5.74, 6) is -2.12. The highest BCUT2D eigenvalue weighted by Crippen LogP contribution is 2.33. The molecular formula is C17H14F3NO5. The summed E-state index contributed by atoms with van der Waals surface area (Å²) in [6.45, 7) is 0. The van der Waals surface area contributed by atoms with Crippen LogP contribution in [-0.4, -0.2) is 31.2 Å². The van der Waals surface area contributed by atoms with Crippen molar-refractivity contribution in [1.82, 2.24) is 0 Å². The van der Waals surface area contributed by atoms with Crippen molar-refractivity contribution in [2.24, 2.45) is 0 Å².